The number of hydrogen-bond acceptors (Lipinski definition) is 1. The molecule has 0 radical (unpaired) electrons. The van der Waals surface area contributed by atoms with Crippen molar-refractivity contribution >= 4 is 34.1 Å². The molecule has 21 heavy (non-hydrogen) atoms. The van der Waals surface area contributed by atoms with Crippen LogP contribution in [0.1, 0.15) is 15.9 Å². The van der Waals surface area contributed by atoms with E-state index in [1.54, 1.807) is 17.0 Å². The van der Waals surface area contributed by atoms with E-state index in [2.05, 4.69) is 16.7 Å². The van der Waals surface area contributed by atoms with Crippen molar-refractivity contribution in [3.8, 4) is 0 Å². The van der Waals surface area contributed by atoms with Crippen LogP contribution in [0, 0.1) is 0 Å². The summed E-state index contributed by atoms with van der Waals surface area (Å²) in [7, 11) is 2.01. The normalized spacial score (nSPS) is 14.0. The van der Waals surface area contributed by atoms with E-state index in [0.29, 0.717) is 11.6 Å². The third kappa shape index (κ3) is 1.85. The molecule has 0 fully saturated rings. The number of carbonyl (C=O) groups excluding carboxylic acids is 1. The van der Waals surface area contributed by atoms with Gasteiger partial charge in [0.2, 0.25) is 0 Å². The van der Waals surface area contributed by atoms with Gasteiger partial charge in [-0.15, -0.1) is 0 Å². The lowest BCUT2D eigenvalue weighted by atomic mass is 10.1. The first kappa shape index (κ1) is 12.5. The standard InChI is InChI=1S/C17H13ClN2O/c1-19-7-6-11-2-4-14(9-16(11)19)20-10-12-8-13(18)3-5-15(12)17(20)21/h2-9H,10H2,1H3. The van der Waals surface area contributed by atoms with Crippen LogP contribution in [0.15, 0.2) is 48.7 Å². The Kier molecular flexibility index (Phi) is 2.59. The summed E-state index contributed by atoms with van der Waals surface area (Å²) in [6.07, 6.45) is 2.02. The molecule has 1 aliphatic heterocycles. The largest absolute Gasteiger partial charge is 0.350 e. The SMILES string of the molecule is Cn1ccc2ccc(N3Cc4cc(Cl)ccc4C3=O)cc21. The van der Waals surface area contributed by atoms with Gasteiger partial charge in [0.15, 0.2) is 0 Å². The Bertz CT molecular complexity index is 882. The second-order valence-corrected chi connectivity index (χ2v) is 5.80. The number of nitrogens with zero attached hydrogens (tertiary/aromatic N) is 2. The summed E-state index contributed by atoms with van der Waals surface area (Å²) in [5, 5.41) is 1.84. The Balaban J connectivity index is 1.80. The number of rotatable bonds is 1. The maximum absolute atomic E-state index is 12.5. The maximum atomic E-state index is 12.5. The molecule has 2 aromatic carbocycles. The molecule has 104 valence electrons. The van der Waals surface area contributed by atoms with E-state index in [4.69, 9.17) is 11.6 Å². The van der Waals surface area contributed by atoms with Crippen molar-refractivity contribution in [2.45, 2.75) is 6.54 Å². The number of benzene rings is 2. The minimum atomic E-state index is 0.0372. The second kappa shape index (κ2) is 4.37. The van der Waals surface area contributed by atoms with Crippen molar-refractivity contribution in [2.75, 3.05) is 4.90 Å². The van der Waals surface area contributed by atoms with Crippen LogP contribution in [0.3, 0.4) is 0 Å². The molecular weight excluding hydrogens is 284 g/mol. The van der Waals surface area contributed by atoms with Gasteiger partial charge in [0.05, 0.1) is 6.54 Å². The van der Waals surface area contributed by atoms with Crippen LogP contribution in [-0.2, 0) is 13.6 Å². The zero-order chi connectivity index (χ0) is 14.6. The van der Waals surface area contributed by atoms with Crippen molar-refractivity contribution in [3.05, 3.63) is 64.8 Å². The molecule has 0 saturated carbocycles. The van der Waals surface area contributed by atoms with E-state index in [1.807, 2.05) is 31.4 Å². The van der Waals surface area contributed by atoms with Crippen LogP contribution in [-0.4, -0.2) is 10.5 Å². The molecule has 1 amide bonds. The summed E-state index contributed by atoms with van der Waals surface area (Å²) < 4.78 is 2.06. The van der Waals surface area contributed by atoms with Gasteiger partial charge in [0.1, 0.15) is 0 Å². The molecule has 3 nitrogen and oxygen atoms in total. The van der Waals surface area contributed by atoms with Gasteiger partial charge in [-0.05, 0) is 47.3 Å². The van der Waals surface area contributed by atoms with E-state index in [9.17, 15) is 4.79 Å². The topological polar surface area (TPSA) is 25.2 Å². The first-order valence-corrected chi connectivity index (χ1v) is 7.17. The number of fused-ring (bicyclic) bond motifs is 2. The summed E-state index contributed by atoms with van der Waals surface area (Å²) in [5.74, 6) is 0.0372. The zero-order valence-corrected chi connectivity index (χ0v) is 12.3. The lowest BCUT2D eigenvalue weighted by molar-refractivity contribution is 0.0996. The molecule has 2 heterocycles. The van der Waals surface area contributed by atoms with Crippen LogP contribution in [0.25, 0.3) is 10.9 Å². The zero-order valence-electron chi connectivity index (χ0n) is 11.5. The molecule has 3 aromatic rings. The van der Waals surface area contributed by atoms with Gasteiger partial charge < -0.3 is 9.47 Å². The molecule has 1 aromatic heterocycles. The second-order valence-electron chi connectivity index (χ2n) is 5.36. The fourth-order valence-corrected chi connectivity index (χ4v) is 3.11. The molecule has 0 unspecified atom stereocenters. The van der Waals surface area contributed by atoms with Gasteiger partial charge in [0, 0.05) is 35.0 Å². The molecular formula is C17H13ClN2O. The summed E-state index contributed by atoms with van der Waals surface area (Å²) in [6.45, 7) is 0.574. The third-order valence-electron chi connectivity index (χ3n) is 4.05. The van der Waals surface area contributed by atoms with Crippen LogP contribution in [0.5, 0.6) is 0 Å². The molecule has 4 rings (SSSR count). The monoisotopic (exact) mass is 296 g/mol. The van der Waals surface area contributed by atoms with E-state index >= 15 is 0 Å². The van der Waals surface area contributed by atoms with Crippen molar-refractivity contribution < 1.29 is 4.79 Å². The van der Waals surface area contributed by atoms with Gasteiger partial charge in [-0.2, -0.15) is 0 Å². The highest BCUT2D eigenvalue weighted by Gasteiger charge is 2.28. The van der Waals surface area contributed by atoms with Crippen LogP contribution < -0.4 is 4.90 Å². The van der Waals surface area contributed by atoms with Crippen LogP contribution >= 0.6 is 11.6 Å². The fraction of sp³-hybridized carbons (Fsp3) is 0.118. The Labute approximate surface area is 127 Å². The van der Waals surface area contributed by atoms with Gasteiger partial charge in [-0.3, -0.25) is 4.79 Å². The Morgan fingerprint density at radius 2 is 1.95 bits per heavy atom. The first-order valence-electron chi connectivity index (χ1n) is 6.79. The highest BCUT2D eigenvalue weighted by Crippen LogP contribution is 2.31. The van der Waals surface area contributed by atoms with Gasteiger partial charge in [-0.25, -0.2) is 0 Å². The molecule has 0 spiro atoms. The van der Waals surface area contributed by atoms with Crippen molar-refractivity contribution in [2.24, 2.45) is 7.05 Å². The number of hydrogen-bond donors (Lipinski definition) is 0. The number of carbonyl (C=O) groups is 1. The van der Waals surface area contributed by atoms with Crippen LogP contribution in [0.2, 0.25) is 5.02 Å². The van der Waals surface area contributed by atoms with Gasteiger partial charge in [-0.1, -0.05) is 17.7 Å². The maximum Gasteiger partial charge on any atom is 0.258 e. The lowest BCUT2D eigenvalue weighted by Crippen LogP contribution is -2.22. The highest BCUT2D eigenvalue weighted by atomic mass is 35.5. The fourth-order valence-electron chi connectivity index (χ4n) is 2.92. The number of anilines is 1. The highest BCUT2D eigenvalue weighted by molar-refractivity contribution is 6.31. The first-order chi connectivity index (χ1) is 10.1. The number of halogens is 1. The molecule has 0 aliphatic carbocycles. The van der Waals surface area contributed by atoms with Gasteiger partial charge >= 0.3 is 0 Å². The quantitative estimate of drug-likeness (QED) is 0.666. The van der Waals surface area contributed by atoms with Crippen molar-refractivity contribution in [3.63, 3.8) is 0 Å². The van der Waals surface area contributed by atoms with Crippen molar-refractivity contribution in [1.29, 1.82) is 0 Å². The van der Waals surface area contributed by atoms with E-state index in [-0.39, 0.29) is 5.91 Å². The molecule has 4 heteroatoms. The van der Waals surface area contributed by atoms with Gasteiger partial charge in [0.25, 0.3) is 5.91 Å². The summed E-state index contributed by atoms with van der Waals surface area (Å²) in [5.41, 5.74) is 3.77. The predicted molar refractivity (Wildman–Crippen MR) is 84.9 cm³/mol. The Hall–Kier alpha value is -2.26. The molecule has 1 aliphatic rings. The summed E-state index contributed by atoms with van der Waals surface area (Å²) in [6, 6.07) is 13.6. The predicted octanol–water partition coefficient (Wildman–Crippen LogP) is 3.99. The van der Waals surface area contributed by atoms with E-state index in [1.165, 1.54) is 5.39 Å². The summed E-state index contributed by atoms with van der Waals surface area (Å²) in [4.78, 5) is 14.3. The molecule has 0 atom stereocenters. The summed E-state index contributed by atoms with van der Waals surface area (Å²) >= 11 is 6.02. The van der Waals surface area contributed by atoms with E-state index < -0.39 is 0 Å². The number of aromatic nitrogens is 1. The lowest BCUT2D eigenvalue weighted by Gasteiger charge is -2.16. The molecule has 0 bridgehead atoms. The number of aryl methyl sites for hydroxylation is 1. The average molecular weight is 297 g/mol. The molecule has 0 saturated heterocycles. The number of amides is 1. The smallest absolute Gasteiger partial charge is 0.258 e. The van der Waals surface area contributed by atoms with Crippen LogP contribution in [0.4, 0.5) is 5.69 Å². The van der Waals surface area contributed by atoms with E-state index in [0.717, 1.165) is 22.3 Å². The third-order valence-corrected chi connectivity index (χ3v) is 4.29. The average Bonchev–Trinajstić information content (AvgIpc) is 3.00. The minimum absolute atomic E-state index is 0.0372. The molecule has 0 N–H and O–H groups in total. The Morgan fingerprint density at radius 3 is 2.81 bits per heavy atom. The Morgan fingerprint density at radius 1 is 1.10 bits per heavy atom. The van der Waals surface area contributed by atoms with Crippen molar-refractivity contribution in [1.82, 2.24) is 4.57 Å². The minimum Gasteiger partial charge on any atom is -0.350 e.